The lowest BCUT2D eigenvalue weighted by Crippen LogP contribution is -2.23. The average Bonchev–Trinajstić information content (AvgIpc) is 3.19. The van der Waals surface area contributed by atoms with Gasteiger partial charge in [-0.3, -0.25) is 0 Å². The van der Waals surface area contributed by atoms with E-state index < -0.39 is 0 Å². The zero-order valence-electron chi connectivity index (χ0n) is 12.2. The van der Waals surface area contributed by atoms with E-state index in [0.29, 0.717) is 6.04 Å². The second kappa shape index (κ2) is 6.77. The number of anilines is 1. The zero-order valence-corrected chi connectivity index (χ0v) is 13.8. The van der Waals surface area contributed by atoms with Gasteiger partial charge in [-0.05, 0) is 42.8 Å². The summed E-state index contributed by atoms with van der Waals surface area (Å²) in [7, 11) is 0. The first-order valence-electron chi connectivity index (χ1n) is 7.41. The maximum absolute atomic E-state index is 6.27. The molecule has 0 radical (unpaired) electrons. The van der Waals surface area contributed by atoms with E-state index >= 15 is 0 Å². The van der Waals surface area contributed by atoms with Crippen molar-refractivity contribution >= 4 is 28.8 Å². The van der Waals surface area contributed by atoms with E-state index in [4.69, 9.17) is 11.6 Å². The van der Waals surface area contributed by atoms with Gasteiger partial charge in [-0.25, -0.2) is 4.98 Å². The van der Waals surface area contributed by atoms with Crippen LogP contribution >= 0.6 is 22.9 Å². The van der Waals surface area contributed by atoms with Gasteiger partial charge < -0.3 is 10.2 Å². The number of halogens is 1. The van der Waals surface area contributed by atoms with Crippen LogP contribution in [0.15, 0.2) is 29.8 Å². The monoisotopic (exact) mass is 321 g/mol. The van der Waals surface area contributed by atoms with E-state index in [1.165, 1.54) is 17.7 Å². The van der Waals surface area contributed by atoms with Crippen molar-refractivity contribution in [1.82, 2.24) is 10.3 Å². The molecule has 2 aromatic heterocycles. The van der Waals surface area contributed by atoms with E-state index in [0.717, 1.165) is 36.0 Å². The first-order valence-corrected chi connectivity index (χ1v) is 8.67. The van der Waals surface area contributed by atoms with Crippen LogP contribution in [0.4, 0.5) is 5.82 Å². The summed E-state index contributed by atoms with van der Waals surface area (Å²) >= 11 is 8.05. The molecule has 2 aromatic rings. The van der Waals surface area contributed by atoms with Gasteiger partial charge in [0, 0.05) is 30.2 Å². The Morgan fingerprint density at radius 1 is 1.48 bits per heavy atom. The fraction of sp³-hybridized carbons (Fsp3) is 0.438. The fourth-order valence-electron chi connectivity index (χ4n) is 2.26. The molecule has 3 nitrogen and oxygen atoms in total. The molecule has 0 bridgehead atoms. The predicted molar refractivity (Wildman–Crippen MR) is 90.2 cm³/mol. The van der Waals surface area contributed by atoms with Crippen molar-refractivity contribution in [3.63, 3.8) is 0 Å². The molecule has 0 atom stereocenters. The summed E-state index contributed by atoms with van der Waals surface area (Å²) in [4.78, 5) is 8.14. The molecule has 1 aliphatic carbocycles. The SMILES string of the molecule is CCN(Cc1cccs1)c1cc(CNC2CC2)c(Cl)cn1. The van der Waals surface area contributed by atoms with Crippen LogP contribution in [0.5, 0.6) is 0 Å². The molecule has 0 aromatic carbocycles. The Hall–Kier alpha value is -1.10. The minimum Gasteiger partial charge on any atom is -0.352 e. The van der Waals surface area contributed by atoms with Gasteiger partial charge >= 0.3 is 0 Å². The smallest absolute Gasteiger partial charge is 0.129 e. The second-order valence-corrected chi connectivity index (χ2v) is 6.82. The molecule has 0 saturated heterocycles. The van der Waals surface area contributed by atoms with E-state index in [9.17, 15) is 0 Å². The van der Waals surface area contributed by atoms with E-state index in [1.807, 2.05) is 0 Å². The predicted octanol–water partition coefficient (Wildman–Crippen LogP) is 4.08. The summed E-state index contributed by atoms with van der Waals surface area (Å²) in [5, 5.41) is 6.38. The molecular formula is C16H20ClN3S. The number of nitrogens with zero attached hydrogens (tertiary/aromatic N) is 2. The molecule has 0 amide bonds. The van der Waals surface area contributed by atoms with Crippen LogP contribution in [0.3, 0.4) is 0 Å². The largest absolute Gasteiger partial charge is 0.352 e. The molecule has 2 heterocycles. The summed E-state index contributed by atoms with van der Waals surface area (Å²) in [5.74, 6) is 1.00. The molecule has 0 aliphatic heterocycles. The molecule has 3 rings (SSSR count). The number of rotatable bonds is 7. The number of hydrogen-bond acceptors (Lipinski definition) is 4. The van der Waals surface area contributed by atoms with Crippen molar-refractivity contribution in [2.45, 2.75) is 38.9 Å². The molecule has 0 spiro atoms. The van der Waals surface area contributed by atoms with Gasteiger partial charge in [-0.1, -0.05) is 17.7 Å². The van der Waals surface area contributed by atoms with Gasteiger partial charge in [0.05, 0.1) is 11.6 Å². The van der Waals surface area contributed by atoms with Gasteiger partial charge in [0.2, 0.25) is 0 Å². The lowest BCUT2D eigenvalue weighted by atomic mass is 10.2. The normalized spacial score (nSPS) is 14.4. The van der Waals surface area contributed by atoms with Gasteiger partial charge in [0.25, 0.3) is 0 Å². The summed E-state index contributed by atoms with van der Waals surface area (Å²) in [6.07, 6.45) is 4.35. The third kappa shape index (κ3) is 3.96. The highest BCUT2D eigenvalue weighted by Crippen LogP contribution is 2.25. The number of hydrogen-bond donors (Lipinski definition) is 1. The lowest BCUT2D eigenvalue weighted by Gasteiger charge is -2.22. The highest BCUT2D eigenvalue weighted by atomic mass is 35.5. The van der Waals surface area contributed by atoms with Crippen LogP contribution in [-0.4, -0.2) is 17.6 Å². The number of pyridine rings is 1. The Labute approximate surface area is 135 Å². The van der Waals surface area contributed by atoms with Gasteiger partial charge in [0.1, 0.15) is 5.82 Å². The summed E-state index contributed by atoms with van der Waals surface area (Å²) < 4.78 is 0. The summed E-state index contributed by atoms with van der Waals surface area (Å²) in [6, 6.07) is 7.06. The molecule has 112 valence electrons. The Bertz CT molecular complexity index is 581. The molecule has 1 fully saturated rings. The minimum absolute atomic E-state index is 0.686. The second-order valence-electron chi connectivity index (χ2n) is 5.38. The fourth-order valence-corrected chi connectivity index (χ4v) is 3.15. The van der Waals surface area contributed by atoms with Crippen LogP contribution in [-0.2, 0) is 13.1 Å². The quantitative estimate of drug-likeness (QED) is 0.833. The Balaban J connectivity index is 1.73. The first kappa shape index (κ1) is 14.8. The molecular weight excluding hydrogens is 302 g/mol. The van der Waals surface area contributed by atoms with E-state index in [-0.39, 0.29) is 0 Å². The lowest BCUT2D eigenvalue weighted by molar-refractivity contribution is 0.686. The summed E-state index contributed by atoms with van der Waals surface area (Å²) in [5.41, 5.74) is 1.14. The van der Waals surface area contributed by atoms with Crippen molar-refractivity contribution in [2.75, 3.05) is 11.4 Å². The standard InChI is InChI=1S/C16H20ClN3S/c1-2-20(11-14-4-3-7-21-14)16-8-12(15(17)10-19-16)9-18-13-5-6-13/h3-4,7-8,10,13,18H,2,5-6,9,11H2,1H3. The minimum atomic E-state index is 0.686. The van der Waals surface area contributed by atoms with E-state index in [1.54, 1.807) is 17.5 Å². The Kier molecular flexibility index (Phi) is 4.78. The molecule has 5 heteroatoms. The summed E-state index contributed by atoms with van der Waals surface area (Å²) in [6.45, 7) is 4.82. The third-order valence-electron chi connectivity index (χ3n) is 3.71. The number of thiophene rings is 1. The highest BCUT2D eigenvalue weighted by Gasteiger charge is 2.20. The third-order valence-corrected chi connectivity index (χ3v) is 4.91. The van der Waals surface area contributed by atoms with Crippen LogP contribution in [0, 0.1) is 0 Å². The van der Waals surface area contributed by atoms with Gasteiger partial charge in [-0.2, -0.15) is 0 Å². The molecule has 1 saturated carbocycles. The van der Waals surface area contributed by atoms with E-state index in [2.05, 4.69) is 45.7 Å². The van der Waals surface area contributed by atoms with Crippen molar-refractivity contribution in [1.29, 1.82) is 0 Å². The average molecular weight is 322 g/mol. The van der Waals surface area contributed by atoms with Crippen molar-refractivity contribution in [2.24, 2.45) is 0 Å². The maximum atomic E-state index is 6.27. The maximum Gasteiger partial charge on any atom is 0.129 e. The Morgan fingerprint density at radius 2 is 2.33 bits per heavy atom. The van der Waals surface area contributed by atoms with Crippen LogP contribution < -0.4 is 10.2 Å². The molecule has 21 heavy (non-hydrogen) atoms. The highest BCUT2D eigenvalue weighted by molar-refractivity contribution is 7.09. The zero-order chi connectivity index (χ0) is 14.7. The van der Waals surface area contributed by atoms with Gasteiger partial charge in [-0.15, -0.1) is 11.3 Å². The van der Waals surface area contributed by atoms with Crippen molar-refractivity contribution in [3.8, 4) is 0 Å². The molecule has 0 unspecified atom stereocenters. The van der Waals surface area contributed by atoms with Crippen molar-refractivity contribution < 1.29 is 0 Å². The number of nitrogens with one attached hydrogen (secondary N) is 1. The Morgan fingerprint density at radius 3 is 3.00 bits per heavy atom. The topological polar surface area (TPSA) is 28.2 Å². The molecule has 1 aliphatic rings. The van der Waals surface area contributed by atoms with Crippen molar-refractivity contribution in [3.05, 3.63) is 45.2 Å². The molecule has 1 N–H and O–H groups in total. The van der Waals surface area contributed by atoms with Crippen LogP contribution in [0.1, 0.15) is 30.2 Å². The van der Waals surface area contributed by atoms with Crippen LogP contribution in [0.25, 0.3) is 0 Å². The first-order chi connectivity index (χ1) is 10.3. The van der Waals surface area contributed by atoms with Gasteiger partial charge in [0.15, 0.2) is 0 Å². The number of aromatic nitrogens is 1. The van der Waals surface area contributed by atoms with Crippen LogP contribution in [0.2, 0.25) is 5.02 Å².